The Hall–Kier alpha value is -0.650. The minimum atomic E-state index is -7.25. The Morgan fingerprint density at radius 3 is 1.29 bits per heavy atom. The van der Waals surface area contributed by atoms with Gasteiger partial charge < -0.3 is 4.55 Å². The highest BCUT2D eigenvalue weighted by Gasteiger charge is 2.81. The van der Waals surface area contributed by atoms with Crippen LogP contribution < -0.4 is 0 Å². The molecule has 0 bridgehead atoms. The minimum absolute atomic E-state index is 0.825. The fourth-order valence-corrected chi connectivity index (χ4v) is 1.06. The van der Waals surface area contributed by atoms with Crippen molar-refractivity contribution in [1.82, 2.24) is 0 Å². The Morgan fingerprint density at radius 2 is 1.12 bits per heavy atom. The van der Waals surface area contributed by atoms with Gasteiger partial charge >= 0.3 is 23.0 Å². The second-order valence-corrected chi connectivity index (χ2v) is 4.43. The first-order valence-corrected chi connectivity index (χ1v) is 4.87. The van der Waals surface area contributed by atoms with Crippen molar-refractivity contribution >= 4 is 10.1 Å². The molecule has 0 aromatic carbocycles. The van der Waals surface area contributed by atoms with Gasteiger partial charge in [-0.15, -0.1) is 0 Å². The van der Waals surface area contributed by atoms with Crippen LogP contribution in [0.4, 0.5) is 35.1 Å². The molecule has 0 aliphatic heterocycles. The highest BCUT2D eigenvalue weighted by molar-refractivity contribution is 7.86. The van der Waals surface area contributed by atoms with Crippen molar-refractivity contribution in [2.24, 2.45) is 0 Å². The molecule has 104 valence electrons. The van der Waals surface area contributed by atoms with E-state index in [9.17, 15) is 48.1 Å². The fraction of sp³-hybridized carbons (Fsp3) is 1.00. The van der Waals surface area contributed by atoms with Gasteiger partial charge in [0.05, 0.1) is 0 Å². The first kappa shape index (κ1) is 16.4. The highest BCUT2D eigenvalue weighted by atomic mass is 32.2. The van der Waals surface area contributed by atoms with Crippen LogP contribution in [0.2, 0.25) is 0 Å². The molecule has 0 aliphatic rings. The van der Waals surface area contributed by atoms with Gasteiger partial charge in [-0.05, 0) is 0 Å². The third-order valence-electron chi connectivity index (χ3n) is 1.63. The molecule has 3 nitrogen and oxygen atoms in total. The first-order valence-electron chi connectivity index (χ1n) is 3.47. The van der Waals surface area contributed by atoms with E-state index < -0.39 is 40.1 Å². The second-order valence-electron chi connectivity index (χ2n) is 3.01. The molecule has 0 heterocycles. The molecule has 17 heavy (non-hydrogen) atoms. The molecule has 0 spiro atoms. The molecule has 0 amide bonds. The normalized spacial score (nSPS) is 16.1. The van der Waals surface area contributed by atoms with Crippen LogP contribution in [0.25, 0.3) is 0 Å². The van der Waals surface area contributed by atoms with Crippen molar-refractivity contribution in [3.8, 4) is 0 Å². The van der Waals surface area contributed by atoms with E-state index in [0.29, 0.717) is 0 Å². The van der Waals surface area contributed by atoms with Gasteiger partial charge in [-0.1, -0.05) is 0 Å². The zero-order valence-electron chi connectivity index (χ0n) is 7.66. The number of hydrogen-bond donors (Lipinski definition) is 0. The third kappa shape index (κ3) is 2.19. The number of rotatable bonds is 4. The highest BCUT2D eigenvalue weighted by Crippen LogP contribution is 2.53. The average molecular weight is 295 g/mol. The summed E-state index contributed by atoms with van der Waals surface area (Å²) in [6.07, 6.45) is 0. The van der Waals surface area contributed by atoms with Crippen molar-refractivity contribution in [3.63, 3.8) is 0 Å². The zero-order valence-corrected chi connectivity index (χ0v) is 8.47. The lowest BCUT2D eigenvalue weighted by Crippen LogP contribution is -2.63. The van der Waals surface area contributed by atoms with Crippen molar-refractivity contribution in [3.05, 3.63) is 0 Å². The fourth-order valence-electron chi connectivity index (χ4n) is 0.615. The maximum Gasteiger partial charge on any atom is 0.402 e. The molecule has 0 saturated heterocycles. The maximum absolute atomic E-state index is 12.4. The Balaban J connectivity index is 5.91. The van der Waals surface area contributed by atoms with E-state index in [2.05, 4.69) is 0 Å². The molecule has 0 unspecified atom stereocenters. The molecular formula is C5H3F8O3S-. The summed E-state index contributed by atoms with van der Waals surface area (Å²) in [6.45, 7) is -0.825. The molecule has 0 radical (unpaired) electrons. The Morgan fingerprint density at radius 1 is 0.824 bits per heavy atom. The lowest BCUT2D eigenvalue weighted by atomic mass is 10.1. The average Bonchev–Trinajstić information content (AvgIpc) is 1.98. The Labute approximate surface area is 89.2 Å². The van der Waals surface area contributed by atoms with Gasteiger partial charge in [-0.25, -0.2) is 8.42 Å². The third-order valence-corrected chi connectivity index (χ3v) is 2.51. The van der Waals surface area contributed by atoms with Crippen molar-refractivity contribution in [2.75, 3.05) is 0 Å². The number of hydrogen-bond acceptors (Lipinski definition) is 3. The number of halogens is 8. The van der Waals surface area contributed by atoms with Crippen LogP contribution in [0.1, 0.15) is 6.92 Å². The van der Waals surface area contributed by atoms with Gasteiger partial charge in [-0.3, -0.25) is 0 Å². The molecule has 0 fully saturated rings. The molecular weight excluding hydrogens is 292 g/mol. The van der Waals surface area contributed by atoms with Gasteiger partial charge in [0.2, 0.25) is 0 Å². The molecule has 0 aliphatic carbocycles. The van der Waals surface area contributed by atoms with Crippen LogP contribution >= 0.6 is 0 Å². The molecule has 0 saturated carbocycles. The SMILES string of the molecule is CC(F)(F)C(F)(F)C(F)(F)C(F)(F)S(=O)(=O)[O-]. The van der Waals surface area contributed by atoms with E-state index in [1.54, 1.807) is 0 Å². The number of alkyl halides is 8. The minimum Gasteiger partial charge on any atom is -0.743 e. The monoisotopic (exact) mass is 295 g/mol. The molecule has 0 N–H and O–H groups in total. The van der Waals surface area contributed by atoms with Crippen LogP contribution in [-0.4, -0.2) is 36.0 Å². The van der Waals surface area contributed by atoms with Crippen molar-refractivity contribution in [2.45, 2.75) is 29.9 Å². The molecule has 0 atom stereocenters. The predicted octanol–water partition coefficient (Wildman–Crippen LogP) is 2.05. The summed E-state index contributed by atoms with van der Waals surface area (Å²) in [7, 11) is -7.25. The van der Waals surface area contributed by atoms with Crippen LogP contribution in [0.5, 0.6) is 0 Å². The summed E-state index contributed by atoms with van der Waals surface area (Å²) in [5.41, 5.74) is 0. The van der Waals surface area contributed by atoms with Crippen LogP contribution in [0, 0.1) is 0 Å². The molecule has 12 heteroatoms. The summed E-state index contributed by atoms with van der Waals surface area (Å²) < 4.78 is 127. The maximum atomic E-state index is 12.4. The van der Waals surface area contributed by atoms with E-state index in [4.69, 9.17) is 0 Å². The van der Waals surface area contributed by atoms with Gasteiger partial charge in [0.25, 0.3) is 0 Å². The van der Waals surface area contributed by atoms with E-state index in [1.165, 1.54) is 0 Å². The second kappa shape index (κ2) is 3.67. The van der Waals surface area contributed by atoms with E-state index >= 15 is 0 Å². The van der Waals surface area contributed by atoms with Gasteiger partial charge in [-0.2, -0.15) is 35.1 Å². The van der Waals surface area contributed by atoms with Crippen molar-refractivity contribution in [1.29, 1.82) is 0 Å². The topological polar surface area (TPSA) is 57.2 Å². The standard InChI is InChI=1S/C5H4F8O3S/c1-2(6,7)3(8,9)4(10,11)5(12,13)17(14,15)16/h1H3,(H,14,15,16)/p-1. The first-order chi connectivity index (χ1) is 7.00. The quantitative estimate of drug-likeness (QED) is 0.589. The molecule has 0 aromatic heterocycles. The van der Waals surface area contributed by atoms with Gasteiger partial charge in [0, 0.05) is 6.92 Å². The largest absolute Gasteiger partial charge is 0.743 e. The lowest BCUT2D eigenvalue weighted by Gasteiger charge is -2.36. The Bertz CT molecular complexity index is 394. The zero-order chi connectivity index (χ0) is 14.5. The van der Waals surface area contributed by atoms with E-state index in [-0.39, 0.29) is 0 Å². The smallest absolute Gasteiger partial charge is 0.402 e. The van der Waals surface area contributed by atoms with Crippen LogP contribution in [0.15, 0.2) is 0 Å². The lowest BCUT2D eigenvalue weighted by molar-refractivity contribution is -0.343. The van der Waals surface area contributed by atoms with E-state index in [0.717, 1.165) is 0 Å². The van der Waals surface area contributed by atoms with Crippen LogP contribution in [0.3, 0.4) is 0 Å². The van der Waals surface area contributed by atoms with Crippen molar-refractivity contribution < 1.29 is 48.1 Å². The molecule has 0 aromatic rings. The van der Waals surface area contributed by atoms with Gasteiger partial charge in [0.1, 0.15) is 0 Å². The summed E-state index contributed by atoms with van der Waals surface area (Å²) in [5, 5.41) is -6.87. The summed E-state index contributed by atoms with van der Waals surface area (Å²) >= 11 is 0. The predicted molar refractivity (Wildman–Crippen MR) is 35.2 cm³/mol. The van der Waals surface area contributed by atoms with Crippen LogP contribution in [-0.2, 0) is 10.1 Å². The van der Waals surface area contributed by atoms with E-state index in [1.807, 2.05) is 0 Å². The summed E-state index contributed by atoms with van der Waals surface area (Å²) in [6, 6.07) is 0. The van der Waals surface area contributed by atoms with Gasteiger partial charge in [0.15, 0.2) is 10.1 Å². The summed E-state index contributed by atoms with van der Waals surface area (Å²) in [5.74, 6) is -19.4. The Kier molecular flexibility index (Phi) is 3.53. The summed E-state index contributed by atoms with van der Waals surface area (Å²) in [4.78, 5) is 0. The molecule has 0 rings (SSSR count).